The second-order valence-corrected chi connectivity index (χ2v) is 6.65. The fourth-order valence-corrected chi connectivity index (χ4v) is 3.72. The number of hydrogen-bond acceptors (Lipinski definition) is 4. The molecule has 3 saturated heterocycles. The number of nitrogens with one attached hydrogen (secondary N) is 3. The monoisotopic (exact) mass is 257 g/mol. The number of rotatable bonds is 0. The predicted molar refractivity (Wildman–Crippen MR) is 76.8 cm³/mol. The third-order valence-electron chi connectivity index (χ3n) is 3.97. The van der Waals surface area contributed by atoms with Crippen LogP contribution in [-0.4, -0.2) is 50.8 Å². The summed E-state index contributed by atoms with van der Waals surface area (Å²) >= 11 is 2.03. The highest BCUT2D eigenvalue weighted by Crippen LogP contribution is 2.32. The number of thioether (sulfide) groups is 1. The van der Waals surface area contributed by atoms with Gasteiger partial charge >= 0.3 is 0 Å². The molecule has 1 spiro atoms. The van der Waals surface area contributed by atoms with Crippen LogP contribution in [0.1, 0.15) is 25.7 Å². The van der Waals surface area contributed by atoms with E-state index in [0.717, 1.165) is 0 Å². The first-order valence-corrected chi connectivity index (χ1v) is 8.27. The summed E-state index contributed by atoms with van der Waals surface area (Å²) in [5.74, 6) is 2.61. The van der Waals surface area contributed by atoms with E-state index in [9.17, 15) is 0 Å². The van der Waals surface area contributed by atoms with Gasteiger partial charge in [0.05, 0.1) is 0 Å². The molecule has 3 nitrogen and oxygen atoms in total. The summed E-state index contributed by atoms with van der Waals surface area (Å²) in [4.78, 5) is 0. The van der Waals surface area contributed by atoms with Crippen LogP contribution in [0.3, 0.4) is 0 Å². The molecular formula is C13H27N3S. The Morgan fingerprint density at radius 1 is 0.706 bits per heavy atom. The van der Waals surface area contributed by atoms with E-state index in [0.29, 0.717) is 5.41 Å². The molecule has 0 aromatic carbocycles. The van der Waals surface area contributed by atoms with Gasteiger partial charge in [0.2, 0.25) is 0 Å². The highest BCUT2D eigenvalue weighted by Gasteiger charge is 2.32. The highest BCUT2D eigenvalue weighted by atomic mass is 32.2. The molecule has 0 amide bonds. The third-order valence-corrected chi connectivity index (χ3v) is 4.95. The molecule has 3 aliphatic heterocycles. The van der Waals surface area contributed by atoms with Gasteiger partial charge < -0.3 is 16.0 Å². The van der Waals surface area contributed by atoms with E-state index in [4.69, 9.17) is 0 Å². The fraction of sp³-hybridized carbons (Fsp3) is 1.00. The molecule has 0 aliphatic carbocycles. The Morgan fingerprint density at radius 3 is 1.59 bits per heavy atom. The maximum atomic E-state index is 3.51. The van der Waals surface area contributed by atoms with Crippen molar-refractivity contribution in [2.24, 2.45) is 5.41 Å². The molecule has 0 aromatic heterocycles. The van der Waals surface area contributed by atoms with Gasteiger partial charge in [0.25, 0.3) is 0 Å². The lowest BCUT2D eigenvalue weighted by Crippen LogP contribution is -2.49. The van der Waals surface area contributed by atoms with Gasteiger partial charge in [-0.25, -0.2) is 0 Å². The molecule has 3 N–H and O–H groups in total. The average Bonchev–Trinajstić information content (AvgIpc) is 2.43. The summed E-state index contributed by atoms with van der Waals surface area (Å²) in [6, 6.07) is 0. The highest BCUT2D eigenvalue weighted by molar-refractivity contribution is 7.99. The maximum Gasteiger partial charge on any atom is 0.00585 e. The van der Waals surface area contributed by atoms with Crippen molar-refractivity contribution in [1.82, 2.24) is 16.0 Å². The second-order valence-electron chi connectivity index (χ2n) is 5.42. The Morgan fingerprint density at radius 2 is 1.29 bits per heavy atom. The van der Waals surface area contributed by atoms with Gasteiger partial charge in [0, 0.05) is 37.7 Å². The Kier molecular flexibility index (Phi) is 6.12. The van der Waals surface area contributed by atoms with E-state index in [1.165, 1.54) is 76.5 Å². The smallest absolute Gasteiger partial charge is 0.00585 e. The summed E-state index contributed by atoms with van der Waals surface area (Å²) in [5, 5.41) is 10.3. The molecule has 100 valence electrons. The van der Waals surface area contributed by atoms with Crippen molar-refractivity contribution in [2.45, 2.75) is 25.7 Å². The molecule has 3 rings (SSSR count). The van der Waals surface area contributed by atoms with Crippen molar-refractivity contribution in [3.8, 4) is 0 Å². The van der Waals surface area contributed by atoms with Crippen molar-refractivity contribution < 1.29 is 0 Å². The molecule has 0 bridgehead atoms. The first kappa shape index (κ1) is 13.7. The molecule has 3 aliphatic rings. The third kappa shape index (κ3) is 4.78. The summed E-state index contributed by atoms with van der Waals surface area (Å²) in [5.41, 5.74) is 0.635. The Balaban J connectivity index is 0.000000153. The van der Waals surface area contributed by atoms with Crippen LogP contribution in [-0.2, 0) is 0 Å². The van der Waals surface area contributed by atoms with E-state index >= 15 is 0 Å². The van der Waals surface area contributed by atoms with Gasteiger partial charge in [-0.15, -0.1) is 0 Å². The summed E-state index contributed by atoms with van der Waals surface area (Å²) in [7, 11) is 0. The van der Waals surface area contributed by atoms with E-state index in [-0.39, 0.29) is 0 Å². The minimum absolute atomic E-state index is 0.635. The van der Waals surface area contributed by atoms with Crippen LogP contribution in [0, 0.1) is 5.41 Å². The van der Waals surface area contributed by atoms with Crippen LogP contribution in [0.4, 0.5) is 0 Å². The molecule has 4 heteroatoms. The van der Waals surface area contributed by atoms with Gasteiger partial charge in [0.15, 0.2) is 0 Å². The van der Waals surface area contributed by atoms with E-state index in [1.807, 2.05) is 11.8 Å². The van der Waals surface area contributed by atoms with Crippen molar-refractivity contribution in [2.75, 3.05) is 50.8 Å². The first-order valence-electron chi connectivity index (χ1n) is 7.11. The predicted octanol–water partition coefficient (Wildman–Crippen LogP) is 1.06. The molecule has 0 atom stereocenters. The Hall–Kier alpha value is 0.230. The maximum absolute atomic E-state index is 3.51. The molecular weight excluding hydrogens is 230 g/mol. The van der Waals surface area contributed by atoms with E-state index < -0.39 is 0 Å². The SMILES string of the molecule is C1CNCC2(C1)CCCNC2.C1CSCCN1. The zero-order valence-electron chi connectivity index (χ0n) is 10.9. The molecule has 0 aromatic rings. The van der Waals surface area contributed by atoms with Crippen LogP contribution in [0.25, 0.3) is 0 Å². The van der Waals surface area contributed by atoms with E-state index in [1.54, 1.807) is 0 Å². The topological polar surface area (TPSA) is 36.1 Å². The van der Waals surface area contributed by atoms with Crippen LogP contribution in [0.2, 0.25) is 0 Å². The lowest BCUT2D eigenvalue weighted by Gasteiger charge is -2.41. The summed E-state index contributed by atoms with van der Waals surface area (Å²) < 4.78 is 0. The van der Waals surface area contributed by atoms with E-state index in [2.05, 4.69) is 16.0 Å². The number of hydrogen-bond donors (Lipinski definition) is 3. The molecule has 17 heavy (non-hydrogen) atoms. The van der Waals surface area contributed by atoms with Crippen molar-refractivity contribution >= 4 is 11.8 Å². The van der Waals surface area contributed by atoms with Crippen molar-refractivity contribution in [1.29, 1.82) is 0 Å². The molecule has 0 unspecified atom stereocenters. The lowest BCUT2D eigenvalue weighted by atomic mass is 9.75. The largest absolute Gasteiger partial charge is 0.316 e. The van der Waals surface area contributed by atoms with Gasteiger partial charge in [0.1, 0.15) is 0 Å². The first-order chi connectivity index (χ1) is 8.41. The van der Waals surface area contributed by atoms with Gasteiger partial charge in [-0.2, -0.15) is 11.8 Å². The van der Waals surface area contributed by atoms with Crippen molar-refractivity contribution in [3.05, 3.63) is 0 Å². The average molecular weight is 257 g/mol. The summed E-state index contributed by atoms with van der Waals surface area (Å²) in [6.07, 6.45) is 5.63. The van der Waals surface area contributed by atoms with Crippen molar-refractivity contribution in [3.63, 3.8) is 0 Å². The van der Waals surface area contributed by atoms with Gasteiger partial charge in [-0.3, -0.25) is 0 Å². The van der Waals surface area contributed by atoms with Gasteiger partial charge in [-0.1, -0.05) is 0 Å². The normalized spacial score (nSPS) is 28.2. The minimum Gasteiger partial charge on any atom is -0.316 e. The minimum atomic E-state index is 0.635. The lowest BCUT2D eigenvalue weighted by molar-refractivity contribution is 0.157. The standard InChI is InChI=1S/C9H18N2.C4H9NS/c1-3-9(7-10-5-1)4-2-6-11-8-9;1-3-6-4-2-5-1/h10-11H,1-8H2;5H,1-4H2. The molecule has 3 fully saturated rings. The Labute approximate surface area is 110 Å². The Bertz CT molecular complexity index is 164. The molecule has 0 radical (unpaired) electrons. The molecule has 0 saturated carbocycles. The fourth-order valence-electron chi connectivity index (χ4n) is 2.94. The van der Waals surface area contributed by atoms with Crippen LogP contribution >= 0.6 is 11.8 Å². The van der Waals surface area contributed by atoms with Crippen LogP contribution in [0.15, 0.2) is 0 Å². The zero-order valence-corrected chi connectivity index (χ0v) is 11.7. The second kappa shape index (κ2) is 7.62. The van der Waals surface area contributed by atoms with Crippen LogP contribution in [0.5, 0.6) is 0 Å². The summed E-state index contributed by atoms with van der Waals surface area (Å²) in [6.45, 7) is 7.40. The zero-order chi connectivity index (χ0) is 11.8. The quantitative estimate of drug-likeness (QED) is 0.606. The molecule has 3 heterocycles. The van der Waals surface area contributed by atoms with Crippen LogP contribution < -0.4 is 16.0 Å². The van der Waals surface area contributed by atoms with Gasteiger partial charge in [-0.05, 0) is 44.2 Å². The number of piperidine rings is 2.